The highest BCUT2D eigenvalue weighted by Crippen LogP contribution is 2.53. The summed E-state index contributed by atoms with van der Waals surface area (Å²) in [6.07, 6.45) is 0. The van der Waals surface area contributed by atoms with Gasteiger partial charge >= 0.3 is 5.97 Å². The molecule has 0 unspecified atom stereocenters. The molecule has 1 amide bonds. The van der Waals surface area contributed by atoms with Gasteiger partial charge in [-0.25, -0.2) is 4.79 Å². The molecule has 0 aromatic heterocycles. The minimum Gasteiger partial charge on any atom is -0.459 e. The topological polar surface area (TPSA) is 46.6 Å². The summed E-state index contributed by atoms with van der Waals surface area (Å²) in [5, 5.41) is 4.52. The Kier molecular flexibility index (Phi) is 7.54. The van der Waals surface area contributed by atoms with Crippen molar-refractivity contribution in [2.24, 2.45) is 0 Å². The monoisotopic (exact) mass is 587 g/mol. The molecule has 42 heavy (non-hydrogen) atoms. The molecule has 0 bridgehead atoms. The third-order valence-corrected chi connectivity index (χ3v) is 14.6. The summed E-state index contributed by atoms with van der Waals surface area (Å²) in [5.74, 6) is -0.510. The lowest BCUT2D eigenvalue weighted by molar-refractivity contribution is -0.158. The van der Waals surface area contributed by atoms with Crippen molar-refractivity contribution in [1.82, 2.24) is 4.90 Å². The predicted molar refractivity (Wildman–Crippen MR) is 173 cm³/mol. The summed E-state index contributed by atoms with van der Waals surface area (Å²) < 4.78 is 5.22. The van der Waals surface area contributed by atoms with Gasteiger partial charge in [0.1, 0.15) is 18.0 Å². The van der Waals surface area contributed by atoms with Gasteiger partial charge in [-0.15, -0.1) is 17.5 Å². The van der Waals surface area contributed by atoms with Crippen LogP contribution in [-0.4, -0.2) is 41.0 Å². The molecule has 6 rings (SSSR count). The molecule has 2 atom stereocenters. The molecule has 2 heterocycles. The standard InChI is InChI=1S/C36H33NO3SSi/c1-26(42(28-18-10-5-11-19-28,29-20-12-6-13-21-29)30-22-14-7-15-23-30)24-31-33(38)37-32(36(2,3)41-34(31)37)35(39)40-25-27-16-8-4-9-17-27/h4-23,32,34H,25H2,1-3H3/t24?,32-,34+/m0/s1. The molecular weight excluding hydrogens is 555 g/mol. The number of nitrogens with zero attached hydrogens (tertiary/aromatic N) is 1. The molecule has 0 spiro atoms. The van der Waals surface area contributed by atoms with Crippen molar-refractivity contribution in [1.29, 1.82) is 0 Å². The Morgan fingerprint density at radius 1 is 0.810 bits per heavy atom. The third-order valence-electron chi connectivity index (χ3n) is 8.27. The summed E-state index contributed by atoms with van der Waals surface area (Å²) in [5.41, 5.74) is 5.21. The third kappa shape index (κ3) is 4.76. The van der Waals surface area contributed by atoms with E-state index in [1.54, 1.807) is 16.7 Å². The number of β-lactam (4-membered cyclic amide) rings is 1. The number of esters is 1. The van der Waals surface area contributed by atoms with Gasteiger partial charge in [-0.3, -0.25) is 4.79 Å². The largest absolute Gasteiger partial charge is 0.459 e. The van der Waals surface area contributed by atoms with Gasteiger partial charge in [-0.05, 0) is 47.1 Å². The van der Waals surface area contributed by atoms with Crippen LogP contribution in [0.15, 0.2) is 138 Å². The van der Waals surface area contributed by atoms with E-state index in [1.165, 1.54) is 15.6 Å². The summed E-state index contributed by atoms with van der Waals surface area (Å²) in [7, 11) is -2.76. The summed E-state index contributed by atoms with van der Waals surface area (Å²) >= 11 is 1.63. The van der Waals surface area contributed by atoms with Crippen molar-refractivity contribution in [2.75, 3.05) is 0 Å². The van der Waals surface area contributed by atoms with E-state index in [1.807, 2.05) is 62.4 Å². The van der Waals surface area contributed by atoms with E-state index in [-0.39, 0.29) is 23.9 Å². The number of ether oxygens (including phenoxy) is 1. The zero-order chi connectivity index (χ0) is 29.3. The molecule has 4 nitrogen and oxygen atoms in total. The SMILES string of the molecule is CC(=C=C1C(=O)N2[C@@H]1SC(C)(C)[C@@H]2C(=O)OCc1ccccc1)[Si](c1ccccc1)(c1ccccc1)c1ccccc1. The minimum absolute atomic E-state index is 0.142. The molecule has 2 aliphatic rings. The Hall–Kier alpha value is -4.09. The molecule has 6 heteroatoms. The number of fused-ring (bicyclic) bond motifs is 1. The average Bonchev–Trinajstić information content (AvgIpc) is 3.28. The van der Waals surface area contributed by atoms with Crippen LogP contribution in [0.4, 0.5) is 0 Å². The average molecular weight is 588 g/mol. The summed E-state index contributed by atoms with van der Waals surface area (Å²) in [6, 6.07) is 40.8. The number of thioether (sulfide) groups is 1. The van der Waals surface area contributed by atoms with Crippen LogP contribution >= 0.6 is 11.8 Å². The fourth-order valence-corrected chi connectivity index (χ4v) is 12.5. The van der Waals surface area contributed by atoms with Crippen LogP contribution in [0.25, 0.3) is 0 Å². The highest BCUT2D eigenvalue weighted by atomic mass is 32.2. The van der Waals surface area contributed by atoms with Crippen LogP contribution in [0.1, 0.15) is 26.3 Å². The zero-order valence-electron chi connectivity index (χ0n) is 24.0. The number of hydrogen-bond acceptors (Lipinski definition) is 4. The van der Waals surface area contributed by atoms with Crippen molar-refractivity contribution in [3.63, 3.8) is 0 Å². The van der Waals surface area contributed by atoms with Crippen molar-refractivity contribution < 1.29 is 14.3 Å². The molecule has 0 N–H and O–H groups in total. The number of hydrogen-bond donors (Lipinski definition) is 0. The van der Waals surface area contributed by atoms with Gasteiger partial charge in [0.15, 0.2) is 8.07 Å². The Bertz CT molecular complexity index is 1570. The van der Waals surface area contributed by atoms with E-state index < -0.39 is 18.9 Å². The van der Waals surface area contributed by atoms with E-state index in [0.29, 0.717) is 5.57 Å². The number of carbonyl (C=O) groups is 2. The van der Waals surface area contributed by atoms with Gasteiger partial charge in [0.2, 0.25) is 0 Å². The van der Waals surface area contributed by atoms with Crippen molar-refractivity contribution in [3.05, 3.63) is 143 Å². The molecule has 210 valence electrons. The van der Waals surface area contributed by atoms with Gasteiger partial charge in [0.25, 0.3) is 5.91 Å². The van der Waals surface area contributed by atoms with E-state index in [4.69, 9.17) is 4.74 Å². The Labute approximate surface area is 252 Å². The fraction of sp³-hybridized carbons (Fsp3) is 0.194. The van der Waals surface area contributed by atoms with Gasteiger partial charge in [-0.1, -0.05) is 121 Å². The number of carbonyl (C=O) groups excluding carboxylic acids is 2. The van der Waals surface area contributed by atoms with Gasteiger partial charge in [0.05, 0.1) is 5.57 Å². The van der Waals surface area contributed by atoms with Crippen molar-refractivity contribution >= 4 is 47.3 Å². The summed E-state index contributed by atoms with van der Waals surface area (Å²) in [6.45, 7) is 6.34. The predicted octanol–water partition coefficient (Wildman–Crippen LogP) is 4.97. The van der Waals surface area contributed by atoms with Crippen molar-refractivity contribution in [2.45, 2.75) is 43.5 Å². The van der Waals surface area contributed by atoms with Crippen LogP contribution in [0, 0.1) is 0 Å². The molecule has 0 radical (unpaired) electrons. The normalized spacial score (nSPS) is 19.0. The summed E-state index contributed by atoms with van der Waals surface area (Å²) in [4.78, 5) is 28.9. The van der Waals surface area contributed by atoms with Gasteiger partial charge in [-0.2, -0.15) is 0 Å². The number of rotatable bonds is 7. The lowest BCUT2D eigenvalue weighted by Crippen LogP contribution is -2.68. The minimum atomic E-state index is -2.76. The first-order valence-corrected chi connectivity index (χ1v) is 17.1. The molecule has 0 aliphatic carbocycles. The molecule has 4 aromatic rings. The van der Waals surface area contributed by atoms with Gasteiger partial charge < -0.3 is 9.64 Å². The van der Waals surface area contributed by atoms with Crippen LogP contribution < -0.4 is 15.6 Å². The van der Waals surface area contributed by atoms with Gasteiger partial charge in [0, 0.05) is 4.75 Å². The first-order valence-electron chi connectivity index (χ1n) is 14.2. The van der Waals surface area contributed by atoms with Crippen LogP contribution in [0.3, 0.4) is 0 Å². The van der Waals surface area contributed by atoms with E-state index in [0.717, 1.165) is 10.8 Å². The first-order chi connectivity index (χ1) is 20.3. The second kappa shape index (κ2) is 11.3. The molecule has 2 fully saturated rings. The second-order valence-corrected chi connectivity index (χ2v) is 17.0. The van der Waals surface area contributed by atoms with E-state index >= 15 is 0 Å². The van der Waals surface area contributed by atoms with Crippen LogP contribution in [0.5, 0.6) is 0 Å². The van der Waals surface area contributed by atoms with Crippen molar-refractivity contribution in [3.8, 4) is 0 Å². The molecule has 0 saturated carbocycles. The highest BCUT2D eigenvalue weighted by Gasteiger charge is 2.62. The number of amides is 1. The maximum absolute atomic E-state index is 13.8. The lowest BCUT2D eigenvalue weighted by Gasteiger charge is -2.39. The number of benzene rings is 4. The smallest absolute Gasteiger partial charge is 0.330 e. The second-order valence-electron chi connectivity index (χ2n) is 11.3. The first kappa shape index (κ1) is 28.0. The quantitative estimate of drug-likeness (QED) is 0.0765. The zero-order valence-corrected chi connectivity index (χ0v) is 25.8. The fourth-order valence-electron chi connectivity index (χ4n) is 6.31. The maximum Gasteiger partial charge on any atom is 0.330 e. The highest BCUT2D eigenvalue weighted by molar-refractivity contribution is 8.01. The lowest BCUT2D eigenvalue weighted by atomic mass is 9.96. The molecule has 4 aromatic carbocycles. The Morgan fingerprint density at radius 3 is 1.74 bits per heavy atom. The Morgan fingerprint density at radius 2 is 1.26 bits per heavy atom. The van der Waals surface area contributed by atoms with E-state index in [2.05, 4.69) is 85.5 Å². The Balaban J connectivity index is 1.43. The van der Waals surface area contributed by atoms with Crippen LogP contribution in [-0.2, 0) is 20.9 Å². The molecule has 2 saturated heterocycles. The maximum atomic E-state index is 13.8. The molecule has 2 aliphatic heterocycles. The van der Waals surface area contributed by atoms with E-state index in [9.17, 15) is 9.59 Å². The van der Waals surface area contributed by atoms with Crippen LogP contribution in [0.2, 0.25) is 0 Å². The molecular formula is C36H33NO3SSi.